The lowest BCUT2D eigenvalue weighted by Crippen LogP contribution is -2.29. The number of rotatable bonds is 10. The molecule has 0 atom stereocenters. The third kappa shape index (κ3) is 12.8. The van der Waals surface area contributed by atoms with Gasteiger partial charge in [0.05, 0.1) is 0 Å². The third-order valence-electron chi connectivity index (χ3n) is 18.8. The SMILES string of the molecule is C.Clc1nc(-c2ccccc2)nc(-c2ccc3c(c2)oc2ccccc23)n1.OB(O)c1ccc(-c2cccc3c2sc2c(-c4ccccc4)cccc23)cc1.c1ccc(-c2nc(-c3ccc(-c4cccc5c4sc4c(-c6ccccc6)cccc45)cc3)nc(-c3ccc4c(c3)oc3ccccc34)n2)cc1. The standard InChI is InChI=1S/C45H27N3OS.C24H17BO2S.C21H12ClN3O.CH4/c1-3-11-28(12-4-1)33-16-9-18-37-38-19-10-17-34(42(38)50-41(33)37)29-21-23-31(24-22-29)44-46-43(30-13-5-2-6-14-30)47-45(48-44)32-25-26-36-35-15-7-8-20-39(35)49-40(36)27-32;26-25(27)18-14-12-17(13-15-18)20-9-5-11-22-21-10-4-8-19(23(21)28-24(20)22)16-6-2-1-3-7-16;22-21-24-19(13-6-2-1-3-7-13)23-20(25-21)14-10-11-16-15-8-4-5-9-17(15)26-18(16)12-14;/h1-27H;1-15,26-27H;1-12H;1H4. The lowest BCUT2D eigenvalue weighted by Gasteiger charge is -2.09. The molecule has 0 saturated heterocycles. The first-order valence-electron chi connectivity index (χ1n) is 34.0. The number of furan rings is 2. The van der Waals surface area contributed by atoms with Crippen LogP contribution in [0.25, 0.3) is 186 Å². The van der Waals surface area contributed by atoms with Crippen LogP contribution in [0, 0.1) is 0 Å². The number of thiophene rings is 2. The van der Waals surface area contributed by atoms with Gasteiger partial charge in [-0.3, -0.25) is 0 Å². The zero-order valence-electron chi connectivity index (χ0n) is 55.3. The second-order valence-electron chi connectivity index (χ2n) is 25.1. The largest absolute Gasteiger partial charge is 0.488 e. The van der Waals surface area contributed by atoms with Crippen LogP contribution in [-0.2, 0) is 0 Å². The number of hydrogen-bond donors (Lipinski definition) is 2. The fraction of sp³-hybridized carbons (Fsp3) is 0.0110. The van der Waals surface area contributed by atoms with Gasteiger partial charge in [0.1, 0.15) is 22.3 Å². The molecule has 0 fully saturated rings. The third-order valence-corrected chi connectivity index (χ3v) is 21.5. The van der Waals surface area contributed by atoms with Gasteiger partial charge in [-0.05, 0) is 98.0 Å². The predicted octanol–water partition coefficient (Wildman–Crippen LogP) is 23.9. The van der Waals surface area contributed by atoms with E-state index in [0.717, 1.165) is 88.4 Å². The molecule has 20 aromatic rings. The van der Waals surface area contributed by atoms with E-state index in [-0.39, 0.29) is 12.7 Å². The highest BCUT2D eigenvalue weighted by Crippen LogP contribution is 2.46. The molecule has 20 rings (SSSR count). The first-order valence-corrected chi connectivity index (χ1v) is 36.0. The molecule has 2 N–H and O–H groups in total. The minimum atomic E-state index is -1.44. The van der Waals surface area contributed by atoms with Crippen LogP contribution in [0.5, 0.6) is 0 Å². The molecule has 105 heavy (non-hydrogen) atoms. The fourth-order valence-electron chi connectivity index (χ4n) is 13.7. The Morgan fingerprint density at radius 2 is 0.514 bits per heavy atom. The van der Waals surface area contributed by atoms with E-state index in [1.165, 1.54) is 68.2 Å². The van der Waals surface area contributed by atoms with Crippen molar-refractivity contribution in [1.29, 1.82) is 0 Å². The quantitative estimate of drug-likeness (QED) is 0.127. The van der Waals surface area contributed by atoms with E-state index in [2.05, 4.69) is 185 Å². The van der Waals surface area contributed by atoms with E-state index in [1.54, 1.807) is 12.1 Å². The van der Waals surface area contributed by atoms with Crippen molar-refractivity contribution in [3.8, 4) is 101 Å². The van der Waals surface area contributed by atoms with Crippen LogP contribution in [0.3, 0.4) is 0 Å². The van der Waals surface area contributed by atoms with E-state index in [1.807, 2.05) is 168 Å². The number of benzene rings is 14. The van der Waals surface area contributed by atoms with Gasteiger partial charge >= 0.3 is 7.12 Å². The first-order chi connectivity index (χ1) is 51.3. The number of aromatic nitrogens is 6. The lowest BCUT2D eigenvalue weighted by molar-refractivity contribution is 0.426. The Hall–Kier alpha value is -12.6. The van der Waals surface area contributed by atoms with Gasteiger partial charge in [0, 0.05) is 89.7 Å². The summed E-state index contributed by atoms with van der Waals surface area (Å²) >= 11 is 9.83. The molecule has 500 valence electrons. The monoisotopic (exact) mass is 1410 g/mol. The molecule has 6 heterocycles. The summed E-state index contributed by atoms with van der Waals surface area (Å²) in [5.41, 5.74) is 17.9. The van der Waals surface area contributed by atoms with Crippen LogP contribution >= 0.6 is 34.3 Å². The molecule has 0 aliphatic carbocycles. The van der Waals surface area contributed by atoms with Gasteiger partial charge in [-0.15, -0.1) is 22.7 Å². The maximum atomic E-state index is 9.35. The van der Waals surface area contributed by atoms with Gasteiger partial charge in [0.2, 0.25) is 5.28 Å². The van der Waals surface area contributed by atoms with Gasteiger partial charge in [-0.25, -0.2) is 19.9 Å². The molecule has 0 spiro atoms. The van der Waals surface area contributed by atoms with Crippen molar-refractivity contribution in [3.63, 3.8) is 0 Å². The molecule has 0 bridgehead atoms. The average molecular weight is 1410 g/mol. The van der Waals surface area contributed by atoms with Crippen molar-refractivity contribution in [2.45, 2.75) is 7.43 Å². The molecule has 6 aromatic heterocycles. The summed E-state index contributed by atoms with van der Waals surface area (Å²) < 4.78 is 17.3. The summed E-state index contributed by atoms with van der Waals surface area (Å²) in [6.07, 6.45) is 0. The van der Waals surface area contributed by atoms with Crippen LogP contribution in [0.1, 0.15) is 7.43 Å². The normalized spacial score (nSPS) is 11.3. The predicted molar refractivity (Wildman–Crippen MR) is 437 cm³/mol. The van der Waals surface area contributed by atoms with Gasteiger partial charge in [0.25, 0.3) is 0 Å². The highest BCUT2D eigenvalue weighted by atomic mass is 35.5. The maximum Gasteiger partial charge on any atom is 0.488 e. The molecule has 14 aromatic carbocycles. The summed E-state index contributed by atoms with van der Waals surface area (Å²) in [6.45, 7) is 0. The van der Waals surface area contributed by atoms with Gasteiger partial charge in [0.15, 0.2) is 29.1 Å². The molecule has 0 saturated carbocycles. The molecule has 14 heteroatoms. The summed E-state index contributed by atoms with van der Waals surface area (Å²) in [4.78, 5) is 28.1. The average Bonchev–Trinajstić information content (AvgIpc) is 1.65. The zero-order chi connectivity index (χ0) is 69.6. The van der Waals surface area contributed by atoms with Crippen LogP contribution in [-0.4, -0.2) is 47.1 Å². The highest BCUT2D eigenvalue weighted by Gasteiger charge is 2.20. The number of nitrogens with zero attached hydrogens (tertiary/aromatic N) is 6. The van der Waals surface area contributed by atoms with E-state index in [0.29, 0.717) is 34.6 Å². The van der Waals surface area contributed by atoms with Crippen molar-refractivity contribution < 1.29 is 18.9 Å². The minimum absolute atomic E-state index is 0. The maximum absolute atomic E-state index is 9.35. The van der Waals surface area contributed by atoms with Crippen LogP contribution in [0.4, 0.5) is 0 Å². The molecule has 10 nitrogen and oxygen atoms in total. The minimum Gasteiger partial charge on any atom is -0.456 e. The van der Waals surface area contributed by atoms with Crippen LogP contribution < -0.4 is 5.46 Å². The van der Waals surface area contributed by atoms with Crippen molar-refractivity contribution in [1.82, 2.24) is 29.9 Å². The van der Waals surface area contributed by atoms with Crippen LogP contribution in [0.2, 0.25) is 5.28 Å². The Labute approximate surface area is 617 Å². The summed E-state index contributed by atoms with van der Waals surface area (Å²) in [7, 11) is -1.44. The Kier molecular flexibility index (Phi) is 17.7. The fourth-order valence-corrected chi connectivity index (χ4v) is 16.6. The van der Waals surface area contributed by atoms with Crippen molar-refractivity contribution >= 4 is 131 Å². The number of para-hydroxylation sites is 2. The lowest BCUT2D eigenvalue weighted by atomic mass is 9.80. The van der Waals surface area contributed by atoms with Crippen molar-refractivity contribution in [3.05, 3.63) is 333 Å². The van der Waals surface area contributed by atoms with Crippen molar-refractivity contribution in [2.24, 2.45) is 0 Å². The second-order valence-corrected chi connectivity index (χ2v) is 27.5. The Balaban J connectivity index is 0.000000126. The van der Waals surface area contributed by atoms with Gasteiger partial charge < -0.3 is 18.9 Å². The highest BCUT2D eigenvalue weighted by molar-refractivity contribution is 7.27. The molecule has 0 aliphatic rings. The molecule has 0 aliphatic heterocycles. The van der Waals surface area contributed by atoms with E-state index < -0.39 is 7.12 Å². The van der Waals surface area contributed by atoms with Gasteiger partial charge in [-0.2, -0.15) is 9.97 Å². The second kappa shape index (κ2) is 28.3. The van der Waals surface area contributed by atoms with Crippen molar-refractivity contribution in [2.75, 3.05) is 0 Å². The Morgan fingerprint density at radius 3 is 0.895 bits per heavy atom. The molecule has 0 amide bonds. The first kappa shape index (κ1) is 65.7. The van der Waals surface area contributed by atoms with E-state index >= 15 is 0 Å². The molecular weight excluding hydrogens is 1350 g/mol. The summed E-state index contributed by atoms with van der Waals surface area (Å²) in [5.74, 6) is 2.92. The summed E-state index contributed by atoms with van der Waals surface area (Å²) in [5, 5.41) is 28.3. The van der Waals surface area contributed by atoms with Gasteiger partial charge in [-0.1, -0.05) is 299 Å². The number of hydrogen-bond acceptors (Lipinski definition) is 12. The zero-order valence-corrected chi connectivity index (χ0v) is 57.7. The smallest absolute Gasteiger partial charge is 0.456 e. The topological polar surface area (TPSA) is 144 Å². The molecule has 0 unspecified atom stereocenters. The number of fused-ring (bicyclic) bond motifs is 12. The Morgan fingerprint density at radius 1 is 0.248 bits per heavy atom. The molecular formula is C91H60BClN6O4S2. The van der Waals surface area contributed by atoms with Crippen LogP contribution in [0.15, 0.2) is 336 Å². The Bertz CT molecular complexity index is 6590. The number of halogens is 1. The summed E-state index contributed by atoms with van der Waals surface area (Å²) in [6, 6.07) is 111. The molecule has 0 radical (unpaired) electrons. The van der Waals surface area contributed by atoms with E-state index in [4.69, 9.17) is 35.4 Å². The van der Waals surface area contributed by atoms with E-state index in [9.17, 15) is 10.0 Å².